The molecule has 1 aliphatic rings. The Bertz CT molecular complexity index is 549. The van der Waals surface area contributed by atoms with Crippen LogP contribution in [0, 0.1) is 0 Å². The van der Waals surface area contributed by atoms with Crippen molar-refractivity contribution in [3.8, 4) is 0 Å². The Morgan fingerprint density at radius 3 is 2.50 bits per heavy atom. The van der Waals surface area contributed by atoms with E-state index >= 15 is 0 Å². The summed E-state index contributed by atoms with van der Waals surface area (Å²) in [6, 6.07) is 16.3. The molecule has 0 saturated heterocycles. The van der Waals surface area contributed by atoms with Gasteiger partial charge >= 0.3 is 5.82 Å². The van der Waals surface area contributed by atoms with Gasteiger partial charge in [0.25, 0.3) is 0 Å². The average Bonchev–Trinajstić information content (AvgIpc) is 2.69. The highest BCUT2D eigenvalue weighted by molar-refractivity contribution is 9.09. The van der Waals surface area contributed by atoms with E-state index in [1.165, 1.54) is 0 Å². The van der Waals surface area contributed by atoms with Gasteiger partial charge in [-0.1, -0.05) is 36.4 Å². The van der Waals surface area contributed by atoms with Crippen LogP contribution >= 0.6 is 15.9 Å². The molecule has 0 amide bonds. The molecule has 2 heterocycles. The molecule has 3 heteroatoms. The fourth-order valence-corrected chi connectivity index (χ4v) is 2.57. The Balaban J connectivity index is 2.09. The van der Waals surface area contributed by atoms with Gasteiger partial charge in [0.15, 0.2) is 0 Å². The van der Waals surface area contributed by atoms with Crippen LogP contribution in [-0.2, 0) is 0 Å². The number of nitrogens with zero attached hydrogens (tertiary/aromatic N) is 2. The number of hydrogen-bond donors (Lipinski definition) is 0. The summed E-state index contributed by atoms with van der Waals surface area (Å²) in [5.41, 5.74) is 2.22. The van der Waals surface area contributed by atoms with Gasteiger partial charge in [-0.25, -0.2) is 4.57 Å². The van der Waals surface area contributed by atoms with E-state index in [9.17, 15) is 0 Å². The molecular formula is C13H10BrN2+. The topological polar surface area (TPSA) is 16.2 Å². The molecule has 1 aliphatic heterocycles. The number of alkyl halides is 1. The largest absolute Gasteiger partial charge is 0.324 e. The van der Waals surface area contributed by atoms with Crippen LogP contribution in [0.3, 0.4) is 0 Å². The van der Waals surface area contributed by atoms with Crippen LogP contribution in [0.5, 0.6) is 0 Å². The zero-order valence-electron chi connectivity index (χ0n) is 8.55. The Morgan fingerprint density at radius 2 is 1.75 bits per heavy atom. The molecule has 1 aromatic carbocycles. The molecule has 0 saturated carbocycles. The third-order valence-electron chi connectivity index (χ3n) is 2.64. The number of rotatable bonds is 1. The smallest absolute Gasteiger partial charge is 0.210 e. The minimum Gasteiger partial charge on any atom is -0.210 e. The molecule has 2 nitrogen and oxygen atoms in total. The highest BCUT2D eigenvalue weighted by Crippen LogP contribution is 2.26. The van der Waals surface area contributed by atoms with Gasteiger partial charge in [0.2, 0.25) is 10.7 Å². The van der Waals surface area contributed by atoms with Crippen molar-refractivity contribution in [3.05, 3.63) is 60.3 Å². The lowest BCUT2D eigenvalue weighted by molar-refractivity contribution is -0.665. The van der Waals surface area contributed by atoms with Crippen LogP contribution in [0.25, 0.3) is 0 Å². The van der Waals surface area contributed by atoms with E-state index in [0.717, 1.165) is 17.1 Å². The Hall–Kier alpha value is -1.48. The van der Waals surface area contributed by atoms with Crippen LogP contribution in [0.1, 0.15) is 10.5 Å². The second kappa shape index (κ2) is 3.83. The van der Waals surface area contributed by atoms with Crippen LogP contribution in [0.2, 0.25) is 0 Å². The quantitative estimate of drug-likeness (QED) is 0.561. The number of benzene rings is 1. The lowest BCUT2D eigenvalue weighted by atomic mass is 10.1. The fourth-order valence-electron chi connectivity index (χ4n) is 1.85. The highest BCUT2D eigenvalue weighted by Gasteiger charge is 2.33. The summed E-state index contributed by atoms with van der Waals surface area (Å²) in [7, 11) is 0. The first kappa shape index (κ1) is 9.73. The maximum atomic E-state index is 4.64. The van der Waals surface area contributed by atoms with E-state index < -0.39 is 0 Å². The second-order valence-electron chi connectivity index (χ2n) is 3.66. The monoisotopic (exact) mass is 273 g/mol. The SMILES string of the molecule is BrC1C(c2ccccc2)=Nc2cccc[n+]21. The van der Waals surface area contributed by atoms with Crippen molar-refractivity contribution in [2.45, 2.75) is 4.95 Å². The standard InChI is InChI=1S/C13H10BrN2/c14-13-12(10-6-2-1-3-7-10)15-11-8-4-5-9-16(11)13/h1-9,13H/q+1. The number of pyridine rings is 1. The molecule has 0 bridgehead atoms. The van der Waals surface area contributed by atoms with Gasteiger partial charge in [0, 0.05) is 11.6 Å². The lowest BCUT2D eigenvalue weighted by Gasteiger charge is -2.01. The zero-order chi connectivity index (χ0) is 11.0. The molecule has 2 aromatic rings. The second-order valence-corrected chi connectivity index (χ2v) is 4.53. The highest BCUT2D eigenvalue weighted by atomic mass is 79.9. The first-order chi connectivity index (χ1) is 7.86. The van der Waals surface area contributed by atoms with Gasteiger partial charge in [-0.3, -0.25) is 0 Å². The van der Waals surface area contributed by atoms with Crippen LogP contribution in [0.15, 0.2) is 59.7 Å². The third kappa shape index (κ3) is 1.48. The van der Waals surface area contributed by atoms with Crippen molar-refractivity contribution < 1.29 is 4.57 Å². The van der Waals surface area contributed by atoms with Gasteiger partial charge in [-0.05, 0) is 27.0 Å². The van der Waals surface area contributed by atoms with Gasteiger partial charge in [-0.15, -0.1) is 0 Å². The molecule has 1 unspecified atom stereocenters. The van der Waals surface area contributed by atoms with E-state index in [2.05, 4.69) is 37.6 Å². The average molecular weight is 274 g/mol. The summed E-state index contributed by atoms with van der Waals surface area (Å²) in [6.45, 7) is 0. The molecule has 16 heavy (non-hydrogen) atoms. The molecule has 78 valence electrons. The van der Waals surface area contributed by atoms with Crippen molar-refractivity contribution in [3.63, 3.8) is 0 Å². The predicted octanol–water partition coefficient (Wildman–Crippen LogP) is 3.00. The number of aromatic nitrogens is 1. The van der Waals surface area contributed by atoms with Gasteiger partial charge in [-0.2, -0.15) is 0 Å². The Labute approximate surface area is 102 Å². The fraction of sp³-hybridized carbons (Fsp3) is 0.0769. The number of aliphatic imine (C=N–C) groups is 1. The van der Waals surface area contributed by atoms with E-state index in [0.29, 0.717) is 0 Å². The molecule has 1 aromatic heterocycles. The molecular weight excluding hydrogens is 264 g/mol. The van der Waals surface area contributed by atoms with Crippen LogP contribution in [0.4, 0.5) is 5.82 Å². The molecule has 0 N–H and O–H groups in total. The van der Waals surface area contributed by atoms with Crippen molar-refractivity contribution in [2.75, 3.05) is 0 Å². The summed E-state index contributed by atoms with van der Waals surface area (Å²) in [6.07, 6.45) is 2.04. The van der Waals surface area contributed by atoms with Crippen molar-refractivity contribution >= 4 is 27.5 Å². The van der Waals surface area contributed by atoms with Gasteiger partial charge in [0.05, 0.1) is 6.20 Å². The summed E-state index contributed by atoms with van der Waals surface area (Å²) in [5, 5.41) is 0. The normalized spacial score (nSPS) is 18.1. The van der Waals surface area contributed by atoms with Crippen LogP contribution < -0.4 is 4.57 Å². The third-order valence-corrected chi connectivity index (χ3v) is 3.52. The zero-order valence-corrected chi connectivity index (χ0v) is 10.1. The van der Waals surface area contributed by atoms with Crippen molar-refractivity contribution in [2.24, 2.45) is 4.99 Å². The Morgan fingerprint density at radius 1 is 1.00 bits per heavy atom. The summed E-state index contributed by atoms with van der Waals surface area (Å²) in [5.74, 6) is 0.989. The van der Waals surface area contributed by atoms with E-state index in [1.807, 2.05) is 42.6 Å². The first-order valence-corrected chi connectivity index (χ1v) is 6.06. The molecule has 3 rings (SSSR count). The number of halogens is 1. The molecule has 0 fully saturated rings. The van der Waals surface area contributed by atoms with Gasteiger partial charge in [0.1, 0.15) is 0 Å². The van der Waals surface area contributed by atoms with Crippen molar-refractivity contribution in [1.29, 1.82) is 0 Å². The first-order valence-electron chi connectivity index (χ1n) is 5.14. The molecule has 0 aliphatic carbocycles. The molecule has 0 radical (unpaired) electrons. The van der Waals surface area contributed by atoms with Crippen LogP contribution in [-0.4, -0.2) is 5.71 Å². The van der Waals surface area contributed by atoms with Gasteiger partial charge < -0.3 is 0 Å². The molecule has 1 atom stereocenters. The summed E-state index contributed by atoms with van der Waals surface area (Å²) in [4.78, 5) is 4.77. The van der Waals surface area contributed by atoms with E-state index in [4.69, 9.17) is 0 Å². The summed E-state index contributed by atoms with van der Waals surface area (Å²) >= 11 is 3.67. The lowest BCUT2D eigenvalue weighted by Crippen LogP contribution is -2.35. The molecule has 0 spiro atoms. The predicted molar refractivity (Wildman–Crippen MR) is 67.2 cm³/mol. The minimum atomic E-state index is 0.131. The Kier molecular flexibility index (Phi) is 2.33. The van der Waals surface area contributed by atoms with Crippen molar-refractivity contribution in [1.82, 2.24) is 0 Å². The number of fused-ring (bicyclic) bond motifs is 1. The van der Waals surface area contributed by atoms with E-state index in [1.54, 1.807) is 0 Å². The maximum Gasteiger partial charge on any atom is 0.324 e. The number of hydrogen-bond acceptors (Lipinski definition) is 1. The summed E-state index contributed by atoms with van der Waals surface area (Å²) < 4.78 is 2.11. The van der Waals surface area contributed by atoms with E-state index in [-0.39, 0.29) is 4.95 Å². The minimum absolute atomic E-state index is 0.131. The maximum absolute atomic E-state index is 4.64.